The Balaban J connectivity index is 1.39. The van der Waals surface area contributed by atoms with E-state index >= 15 is 0 Å². The van der Waals surface area contributed by atoms with Crippen molar-refractivity contribution in [1.29, 1.82) is 0 Å². The standard InChI is InChI=1S/C25H22N2O4/c1-16-10-11-22(17(2)14-16)31-13-12-23(28)26-18-6-5-7-19(15-18)27-24(29)20-8-3-4-9-21(20)25(27)30/h3-11,14-15H,12-13H2,1-2H3,(H,26,28). The van der Waals surface area contributed by atoms with E-state index in [1.54, 1.807) is 48.5 Å². The third-order valence-corrected chi connectivity index (χ3v) is 5.10. The average molecular weight is 414 g/mol. The number of hydrogen-bond donors (Lipinski definition) is 1. The van der Waals surface area contributed by atoms with Crippen molar-refractivity contribution in [1.82, 2.24) is 0 Å². The monoisotopic (exact) mass is 414 g/mol. The van der Waals surface area contributed by atoms with Crippen molar-refractivity contribution < 1.29 is 19.1 Å². The van der Waals surface area contributed by atoms with Crippen LogP contribution < -0.4 is 15.0 Å². The number of nitrogens with zero attached hydrogens (tertiary/aromatic N) is 1. The first-order chi connectivity index (χ1) is 14.9. The van der Waals surface area contributed by atoms with Gasteiger partial charge in [0.2, 0.25) is 5.91 Å². The molecule has 0 bridgehead atoms. The lowest BCUT2D eigenvalue weighted by Gasteiger charge is -2.15. The molecule has 1 N–H and O–H groups in total. The SMILES string of the molecule is Cc1ccc(OCCC(=O)Nc2cccc(N3C(=O)c4ccccc4C3=O)c2)c(C)c1. The summed E-state index contributed by atoms with van der Waals surface area (Å²) in [5, 5.41) is 2.80. The first-order valence-corrected chi connectivity index (χ1v) is 10.0. The molecule has 3 aromatic rings. The quantitative estimate of drug-likeness (QED) is 0.602. The number of nitrogens with one attached hydrogen (secondary N) is 1. The largest absolute Gasteiger partial charge is 0.493 e. The molecule has 0 saturated heterocycles. The zero-order valence-electron chi connectivity index (χ0n) is 17.3. The van der Waals surface area contributed by atoms with Gasteiger partial charge in [0, 0.05) is 5.69 Å². The van der Waals surface area contributed by atoms with Crippen molar-refractivity contribution in [2.75, 3.05) is 16.8 Å². The summed E-state index contributed by atoms with van der Waals surface area (Å²) in [5.74, 6) is -0.202. The minimum atomic E-state index is -0.369. The Kier molecular flexibility index (Phi) is 5.54. The molecular formula is C25H22N2O4. The topological polar surface area (TPSA) is 75.7 Å². The Morgan fingerprint density at radius 2 is 1.61 bits per heavy atom. The molecule has 4 rings (SSSR count). The molecule has 0 unspecified atom stereocenters. The van der Waals surface area contributed by atoms with Gasteiger partial charge in [-0.2, -0.15) is 0 Å². The average Bonchev–Trinajstić information content (AvgIpc) is 3.00. The van der Waals surface area contributed by atoms with Crippen LogP contribution in [-0.2, 0) is 4.79 Å². The number of carbonyl (C=O) groups excluding carboxylic acids is 3. The minimum absolute atomic E-state index is 0.171. The number of hydrogen-bond acceptors (Lipinski definition) is 4. The molecule has 1 aliphatic heterocycles. The Bertz CT molecular complexity index is 1150. The maximum Gasteiger partial charge on any atom is 0.266 e. The molecule has 1 heterocycles. The summed E-state index contributed by atoms with van der Waals surface area (Å²) in [5.41, 5.74) is 3.85. The van der Waals surface area contributed by atoms with Crippen molar-refractivity contribution in [2.45, 2.75) is 20.3 Å². The van der Waals surface area contributed by atoms with Gasteiger partial charge in [-0.1, -0.05) is 35.9 Å². The molecule has 0 fully saturated rings. The molecule has 0 atom stereocenters. The number of rotatable bonds is 6. The van der Waals surface area contributed by atoms with Gasteiger partial charge < -0.3 is 10.1 Å². The van der Waals surface area contributed by atoms with Gasteiger partial charge in [-0.05, 0) is 55.8 Å². The zero-order chi connectivity index (χ0) is 22.0. The van der Waals surface area contributed by atoms with E-state index in [0.29, 0.717) is 22.5 Å². The molecule has 3 amide bonds. The van der Waals surface area contributed by atoms with Gasteiger partial charge >= 0.3 is 0 Å². The first-order valence-electron chi connectivity index (χ1n) is 10.0. The maximum absolute atomic E-state index is 12.7. The molecule has 156 valence electrons. The fourth-order valence-electron chi connectivity index (χ4n) is 3.58. The van der Waals surface area contributed by atoms with E-state index in [4.69, 9.17) is 4.74 Å². The summed E-state index contributed by atoms with van der Waals surface area (Å²) in [6.45, 7) is 4.22. The number of aryl methyl sites for hydroxylation is 2. The molecule has 0 aliphatic carbocycles. The van der Waals surface area contributed by atoms with Crippen LogP contribution in [0.15, 0.2) is 66.7 Å². The van der Waals surface area contributed by atoms with Crippen LogP contribution in [0.1, 0.15) is 38.3 Å². The normalized spacial score (nSPS) is 12.6. The highest BCUT2D eigenvalue weighted by molar-refractivity contribution is 6.34. The predicted molar refractivity (Wildman–Crippen MR) is 119 cm³/mol. The van der Waals surface area contributed by atoms with Crippen molar-refractivity contribution in [3.8, 4) is 5.75 Å². The first kappa shape index (κ1) is 20.3. The van der Waals surface area contributed by atoms with Crippen LogP contribution in [0.3, 0.4) is 0 Å². The van der Waals surface area contributed by atoms with E-state index < -0.39 is 0 Å². The highest BCUT2D eigenvalue weighted by Crippen LogP contribution is 2.29. The van der Waals surface area contributed by atoms with Crippen LogP contribution in [0, 0.1) is 13.8 Å². The van der Waals surface area contributed by atoms with Gasteiger partial charge in [0.05, 0.1) is 29.8 Å². The summed E-state index contributed by atoms with van der Waals surface area (Å²) in [7, 11) is 0. The van der Waals surface area contributed by atoms with Gasteiger partial charge in [0.25, 0.3) is 11.8 Å². The van der Waals surface area contributed by atoms with E-state index in [9.17, 15) is 14.4 Å². The van der Waals surface area contributed by atoms with Crippen LogP contribution >= 0.6 is 0 Å². The third-order valence-electron chi connectivity index (χ3n) is 5.10. The van der Waals surface area contributed by atoms with Gasteiger partial charge in [0.15, 0.2) is 0 Å². The number of imide groups is 1. The number of amides is 3. The predicted octanol–water partition coefficient (Wildman–Crippen LogP) is 4.51. The lowest BCUT2D eigenvalue weighted by Crippen LogP contribution is -2.29. The Labute approximate surface area is 180 Å². The summed E-state index contributed by atoms with van der Waals surface area (Å²) in [4.78, 5) is 38.8. The molecule has 3 aromatic carbocycles. The molecule has 0 saturated carbocycles. The Morgan fingerprint density at radius 3 is 2.29 bits per heavy atom. The van der Waals surface area contributed by atoms with E-state index in [1.165, 1.54) is 0 Å². The molecule has 0 aromatic heterocycles. The van der Waals surface area contributed by atoms with Crippen LogP contribution in [0.5, 0.6) is 5.75 Å². The second-order valence-corrected chi connectivity index (χ2v) is 7.46. The molecule has 6 nitrogen and oxygen atoms in total. The summed E-state index contributed by atoms with van der Waals surface area (Å²) >= 11 is 0. The summed E-state index contributed by atoms with van der Waals surface area (Å²) < 4.78 is 5.71. The summed E-state index contributed by atoms with van der Waals surface area (Å²) in [6.07, 6.45) is 0.171. The second-order valence-electron chi connectivity index (χ2n) is 7.46. The van der Waals surface area contributed by atoms with Crippen molar-refractivity contribution in [2.24, 2.45) is 0 Å². The molecule has 6 heteroatoms. The van der Waals surface area contributed by atoms with Gasteiger partial charge in [-0.25, -0.2) is 4.90 Å². The number of carbonyl (C=O) groups is 3. The fraction of sp³-hybridized carbons (Fsp3) is 0.160. The second kappa shape index (κ2) is 8.44. The molecule has 31 heavy (non-hydrogen) atoms. The number of ether oxygens (including phenoxy) is 1. The van der Waals surface area contributed by atoms with Gasteiger partial charge in [-0.3, -0.25) is 14.4 Å². The van der Waals surface area contributed by atoms with E-state index in [0.717, 1.165) is 21.8 Å². The van der Waals surface area contributed by atoms with Gasteiger partial charge in [-0.15, -0.1) is 0 Å². The maximum atomic E-state index is 12.7. The lowest BCUT2D eigenvalue weighted by atomic mass is 10.1. The van der Waals surface area contributed by atoms with Gasteiger partial charge in [0.1, 0.15) is 5.75 Å². The van der Waals surface area contributed by atoms with Crippen LogP contribution in [-0.4, -0.2) is 24.3 Å². The van der Waals surface area contributed by atoms with E-state index in [2.05, 4.69) is 5.32 Å². The summed E-state index contributed by atoms with van der Waals surface area (Å²) in [6, 6.07) is 19.3. The molecule has 0 radical (unpaired) electrons. The third kappa shape index (κ3) is 4.19. The molecule has 0 spiro atoms. The van der Waals surface area contributed by atoms with E-state index in [-0.39, 0.29) is 30.7 Å². The van der Waals surface area contributed by atoms with Crippen molar-refractivity contribution >= 4 is 29.1 Å². The van der Waals surface area contributed by atoms with Crippen LogP contribution in [0.2, 0.25) is 0 Å². The number of anilines is 2. The Hall–Kier alpha value is -3.93. The molecular weight excluding hydrogens is 392 g/mol. The number of fused-ring (bicyclic) bond motifs is 1. The zero-order valence-corrected chi connectivity index (χ0v) is 17.3. The smallest absolute Gasteiger partial charge is 0.266 e. The van der Waals surface area contributed by atoms with Crippen molar-refractivity contribution in [3.63, 3.8) is 0 Å². The van der Waals surface area contributed by atoms with E-state index in [1.807, 2.05) is 32.0 Å². The fourth-order valence-corrected chi connectivity index (χ4v) is 3.58. The molecule has 1 aliphatic rings. The minimum Gasteiger partial charge on any atom is -0.493 e. The highest BCUT2D eigenvalue weighted by Gasteiger charge is 2.36. The number of benzene rings is 3. The van der Waals surface area contributed by atoms with Crippen LogP contribution in [0.4, 0.5) is 11.4 Å². The Morgan fingerprint density at radius 1 is 0.903 bits per heavy atom. The van der Waals surface area contributed by atoms with Crippen molar-refractivity contribution in [3.05, 3.63) is 89.0 Å². The highest BCUT2D eigenvalue weighted by atomic mass is 16.5. The lowest BCUT2D eigenvalue weighted by molar-refractivity contribution is -0.116. The van der Waals surface area contributed by atoms with Crippen LogP contribution in [0.25, 0.3) is 0 Å².